The maximum Gasteiger partial charge on any atom is 0.0541 e. The molecule has 4 heteroatoms. The Morgan fingerprint density at radius 2 is 0.408 bits per heavy atom. The number of benzene rings is 22. The summed E-state index contributed by atoms with van der Waals surface area (Å²) in [4.78, 5) is 4.90. The van der Waals surface area contributed by atoms with Gasteiger partial charge in [-0.2, -0.15) is 0 Å². The third kappa shape index (κ3) is 12.3. The number of hydrogen-bond acceptors (Lipinski definition) is 2. The van der Waals surface area contributed by atoms with E-state index >= 15 is 0 Å². The van der Waals surface area contributed by atoms with Gasteiger partial charge < -0.3 is 18.9 Å². The minimum absolute atomic E-state index is 0.116. The number of hydrogen-bond donors (Lipinski definition) is 0. The monoisotopic (exact) mass is 1660 g/mol. The van der Waals surface area contributed by atoms with Crippen LogP contribution in [0.15, 0.2) is 461 Å². The highest BCUT2D eigenvalue weighted by Gasteiger charge is 2.38. The van der Waals surface area contributed by atoms with Gasteiger partial charge in [0.25, 0.3) is 0 Å². The Labute approximate surface area is 756 Å². The zero-order valence-electron chi connectivity index (χ0n) is 72.7. The molecule has 0 saturated heterocycles. The largest absolute Gasteiger partial charge is 0.310 e. The van der Waals surface area contributed by atoms with Crippen LogP contribution in [0.1, 0.15) is 49.9 Å². The number of fused-ring (bicyclic) bond motifs is 24. The second-order valence-corrected chi connectivity index (χ2v) is 36.2. The SMILES string of the molecule is CC1(C)c2ccccc2-c2ccc(N(c3ccc(-c4ccc(-c5ccc6c(c5)c5ccccc5n6-c5ccccc5)cc4)cc3)c3ccc4c5ccccc5c5ccccc5c4c3)cc21.CC1(C)c2ccccc2-c2ccc(N(c3ccc(-c4ccc5c(c4)c4ccccc4n5-c4ccc(-c5ccccc5)cc4)cc3)c3ccc4c5ccccc5c5ccccc5c4c3)cc21. The molecular formula is C126H88N4. The van der Waals surface area contributed by atoms with Gasteiger partial charge in [-0.1, -0.05) is 355 Å². The highest BCUT2D eigenvalue weighted by molar-refractivity contribution is 6.27. The van der Waals surface area contributed by atoms with Crippen LogP contribution in [-0.2, 0) is 10.8 Å². The van der Waals surface area contributed by atoms with Crippen LogP contribution >= 0.6 is 0 Å². The molecule has 0 radical (unpaired) electrons. The number of rotatable bonds is 12. The van der Waals surface area contributed by atoms with E-state index in [0.717, 1.165) is 39.8 Å². The Balaban J connectivity index is 0.000000140. The lowest BCUT2D eigenvalue weighted by Gasteiger charge is -2.28. The second kappa shape index (κ2) is 30.2. The van der Waals surface area contributed by atoms with E-state index < -0.39 is 0 Å². The van der Waals surface area contributed by atoms with E-state index in [1.165, 1.54) is 203 Å². The van der Waals surface area contributed by atoms with E-state index in [1.807, 2.05) is 0 Å². The lowest BCUT2D eigenvalue weighted by Crippen LogP contribution is -2.16. The highest BCUT2D eigenvalue weighted by Crippen LogP contribution is 2.55. The summed E-state index contributed by atoms with van der Waals surface area (Å²) in [5.74, 6) is 0. The first kappa shape index (κ1) is 76.1. The normalized spacial score (nSPS) is 12.9. The van der Waals surface area contributed by atoms with E-state index in [9.17, 15) is 0 Å². The molecule has 2 aliphatic carbocycles. The van der Waals surface area contributed by atoms with Crippen molar-refractivity contribution < 1.29 is 0 Å². The zero-order valence-corrected chi connectivity index (χ0v) is 72.7. The molecular weight excluding hydrogens is 1570 g/mol. The van der Waals surface area contributed by atoms with Crippen LogP contribution in [-0.4, -0.2) is 9.13 Å². The number of para-hydroxylation sites is 3. The lowest BCUT2D eigenvalue weighted by atomic mass is 9.82. The van der Waals surface area contributed by atoms with Crippen LogP contribution in [0.25, 0.3) is 186 Å². The van der Waals surface area contributed by atoms with Crippen molar-refractivity contribution in [3.8, 4) is 78.1 Å². The summed E-state index contributed by atoms with van der Waals surface area (Å²) < 4.78 is 4.77. The fraction of sp³-hybridized carbons (Fsp3) is 0.0476. The molecule has 0 aliphatic heterocycles. The predicted molar refractivity (Wildman–Crippen MR) is 553 cm³/mol. The highest BCUT2D eigenvalue weighted by atomic mass is 15.1. The molecule has 612 valence electrons. The van der Waals surface area contributed by atoms with Gasteiger partial charge in [0.2, 0.25) is 0 Å². The van der Waals surface area contributed by atoms with Gasteiger partial charge in [0.05, 0.1) is 22.1 Å². The predicted octanol–water partition coefficient (Wildman–Crippen LogP) is 34.7. The molecule has 22 aromatic carbocycles. The van der Waals surface area contributed by atoms with Crippen LogP contribution in [0.3, 0.4) is 0 Å². The van der Waals surface area contributed by atoms with Crippen LogP contribution in [0, 0.1) is 0 Å². The van der Waals surface area contributed by atoms with Crippen molar-refractivity contribution in [3.63, 3.8) is 0 Å². The number of anilines is 6. The summed E-state index contributed by atoms with van der Waals surface area (Å²) >= 11 is 0. The smallest absolute Gasteiger partial charge is 0.0541 e. The van der Waals surface area contributed by atoms with Gasteiger partial charge in [-0.25, -0.2) is 0 Å². The first-order valence-corrected chi connectivity index (χ1v) is 45.3. The molecule has 0 atom stereocenters. The van der Waals surface area contributed by atoms with Crippen molar-refractivity contribution in [1.29, 1.82) is 0 Å². The molecule has 130 heavy (non-hydrogen) atoms. The Hall–Kier alpha value is -16.4. The minimum Gasteiger partial charge on any atom is -0.310 e. The molecule has 2 aromatic heterocycles. The zero-order chi connectivity index (χ0) is 86.5. The van der Waals surface area contributed by atoms with Gasteiger partial charge in [-0.3, -0.25) is 0 Å². The van der Waals surface area contributed by atoms with Crippen molar-refractivity contribution in [2.24, 2.45) is 0 Å². The Kier molecular flexibility index (Phi) is 17.7. The molecule has 0 unspecified atom stereocenters. The summed E-state index contributed by atoms with van der Waals surface area (Å²) in [6.45, 7) is 9.46. The average Bonchev–Trinajstić information content (AvgIpc) is 1.73. The van der Waals surface area contributed by atoms with Crippen molar-refractivity contribution in [1.82, 2.24) is 9.13 Å². The maximum absolute atomic E-state index is 2.45. The molecule has 0 saturated carbocycles. The number of nitrogens with zero attached hydrogens (tertiary/aromatic N) is 4. The van der Waals surface area contributed by atoms with E-state index in [4.69, 9.17) is 0 Å². The standard InChI is InChI=1S/2C63H44N2/c1-63(2)59-22-12-10-20-54(59)55-36-34-48(40-60(55)63)64(47-33-35-53-51-18-7-6-16-49(51)50-17-8-9-19-52(50)57(53)39-47)45-29-26-43(27-30-45)44-28-37-62-58(38-44)56-21-11-13-23-61(56)65(62)46-31-24-42(25-32-46)41-14-4-3-5-15-41;1-63(2)59-22-12-10-20-54(59)55-36-34-48(40-60(55)63)64(47-33-35-53-51-18-7-6-16-49(51)50-17-8-9-19-52(50)57(53)39-47)46-31-28-42(29-32-46)41-24-26-43(27-25-41)44-30-37-62-58(38-44)56-21-11-13-23-61(56)65(62)45-14-4-3-5-15-45/h2*3-40H,1-2H3. The summed E-state index contributed by atoms with van der Waals surface area (Å²) in [7, 11) is 0. The lowest BCUT2D eigenvalue weighted by molar-refractivity contribution is 0.660. The van der Waals surface area contributed by atoms with Gasteiger partial charge >= 0.3 is 0 Å². The average molecular weight is 1660 g/mol. The third-order valence-corrected chi connectivity index (χ3v) is 28.4. The third-order valence-electron chi connectivity index (χ3n) is 28.4. The van der Waals surface area contributed by atoms with E-state index in [-0.39, 0.29) is 10.8 Å². The Morgan fingerprint density at radius 3 is 0.808 bits per heavy atom. The molecule has 24 aromatic rings. The van der Waals surface area contributed by atoms with Gasteiger partial charge in [0.1, 0.15) is 0 Å². The first-order valence-electron chi connectivity index (χ1n) is 45.3. The molecule has 0 fully saturated rings. The summed E-state index contributed by atoms with van der Waals surface area (Å²) in [5.41, 5.74) is 34.1. The van der Waals surface area contributed by atoms with Crippen LogP contribution in [0.2, 0.25) is 0 Å². The van der Waals surface area contributed by atoms with Gasteiger partial charge in [0, 0.05) is 77.9 Å². The molecule has 2 heterocycles. The van der Waals surface area contributed by atoms with Crippen LogP contribution < -0.4 is 9.80 Å². The van der Waals surface area contributed by atoms with Crippen molar-refractivity contribution in [3.05, 3.63) is 483 Å². The Bertz CT molecular complexity index is 8620. The molecule has 0 N–H and O–H groups in total. The quantitative estimate of drug-likeness (QED) is 0.113. The number of aromatic nitrogens is 2. The summed E-state index contributed by atoms with van der Waals surface area (Å²) in [6, 6.07) is 170. The van der Waals surface area contributed by atoms with Crippen LogP contribution in [0.5, 0.6) is 0 Å². The molecule has 0 amide bonds. The Morgan fingerprint density at radius 1 is 0.154 bits per heavy atom. The van der Waals surface area contributed by atoms with E-state index in [0.29, 0.717) is 0 Å². The van der Waals surface area contributed by atoms with Crippen molar-refractivity contribution >= 4 is 142 Å². The minimum atomic E-state index is -0.122. The molecule has 4 nitrogen and oxygen atoms in total. The fourth-order valence-corrected chi connectivity index (χ4v) is 22.0. The maximum atomic E-state index is 2.45. The van der Waals surface area contributed by atoms with Crippen LogP contribution in [0.4, 0.5) is 34.1 Å². The van der Waals surface area contributed by atoms with Gasteiger partial charge in [0.15, 0.2) is 0 Å². The van der Waals surface area contributed by atoms with Crippen molar-refractivity contribution in [2.75, 3.05) is 9.80 Å². The van der Waals surface area contributed by atoms with E-state index in [2.05, 4.69) is 508 Å². The molecule has 26 rings (SSSR count). The topological polar surface area (TPSA) is 16.3 Å². The first-order chi connectivity index (χ1) is 64.0. The summed E-state index contributed by atoms with van der Waals surface area (Å²) in [5, 5.41) is 20.3. The second-order valence-electron chi connectivity index (χ2n) is 36.2. The summed E-state index contributed by atoms with van der Waals surface area (Å²) in [6.07, 6.45) is 0. The molecule has 2 aliphatic rings. The van der Waals surface area contributed by atoms with E-state index in [1.54, 1.807) is 0 Å². The van der Waals surface area contributed by atoms with Crippen molar-refractivity contribution in [2.45, 2.75) is 38.5 Å². The molecule has 0 spiro atoms. The molecule has 0 bridgehead atoms. The fourth-order valence-electron chi connectivity index (χ4n) is 22.0. The van der Waals surface area contributed by atoms with Gasteiger partial charge in [-0.15, -0.1) is 0 Å². The van der Waals surface area contributed by atoms with Gasteiger partial charge in [-0.05, 0) is 287 Å².